The van der Waals surface area contributed by atoms with E-state index in [1.165, 1.54) is 4.31 Å². The molecule has 0 aliphatic carbocycles. The molecule has 0 N–H and O–H groups in total. The highest BCUT2D eigenvalue weighted by atomic mass is 32.2. The highest BCUT2D eigenvalue weighted by Crippen LogP contribution is 2.24. The number of hydrogen-bond acceptors (Lipinski definition) is 7. The number of nitrogens with zero attached hydrogens (tertiary/aromatic N) is 5. The predicted octanol–water partition coefficient (Wildman–Crippen LogP) is 1.14. The lowest BCUT2D eigenvalue weighted by Crippen LogP contribution is -2.38. The summed E-state index contributed by atoms with van der Waals surface area (Å²) in [6, 6.07) is 0. The standard InChI is InChI=1S/C15H29N5O3S2/c1-13(2)12-20-14(19-6-8-23-9-7-19)16-17-15(20)24-10-5-11-25(21,22)18(3)4/h13H,5-12H2,1-4H3. The van der Waals surface area contributed by atoms with Crippen LogP contribution >= 0.6 is 11.8 Å². The number of thioether (sulfide) groups is 1. The first kappa shape index (κ1) is 20.5. The van der Waals surface area contributed by atoms with Gasteiger partial charge in [-0.15, -0.1) is 10.2 Å². The van der Waals surface area contributed by atoms with Crippen LogP contribution in [0.2, 0.25) is 0 Å². The number of anilines is 1. The van der Waals surface area contributed by atoms with Crippen molar-refractivity contribution in [3.8, 4) is 0 Å². The van der Waals surface area contributed by atoms with E-state index in [1.54, 1.807) is 25.9 Å². The molecule has 25 heavy (non-hydrogen) atoms. The van der Waals surface area contributed by atoms with Crippen LogP contribution in [0.1, 0.15) is 20.3 Å². The van der Waals surface area contributed by atoms with Gasteiger partial charge in [0.25, 0.3) is 0 Å². The van der Waals surface area contributed by atoms with E-state index in [4.69, 9.17) is 4.74 Å². The first-order chi connectivity index (χ1) is 11.8. The highest BCUT2D eigenvalue weighted by Gasteiger charge is 2.21. The lowest BCUT2D eigenvalue weighted by atomic mass is 10.2. The van der Waals surface area contributed by atoms with E-state index in [0.717, 1.165) is 30.7 Å². The quantitative estimate of drug-likeness (QED) is 0.461. The van der Waals surface area contributed by atoms with Crippen molar-refractivity contribution in [3.05, 3.63) is 0 Å². The highest BCUT2D eigenvalue weighted by molar-refractivity contribution is 7.99. The Morgan fingerprint density at radius 2 is 1.92 bits per heavy atom. The molecule has 1 aliphatic heterocycles. The summed E-state index contributed by atoms with van der Waals surface area (Å²) in [5, 5.41) is 9.59. The maximum Gasteiger partial charge on any atom is 0.228 e. The van der Waals surface area contributed by atoms with Crippen LogP contribution in [0.15, 0.2) is 5.16 Å². The van der Waals surface area contributed by atoms with Gasteiger partial charge in [-0.1, -0.05) is 25.6 Å². The number of sulfonamides is 1. The van der Waals surface area contributed by atoms with Crippen LogP contribution in [-0.2, 0) is 21.3 Å². The Kier molecular flexibility index (Phi) is 7.53. The smallest absolute Gasteiger partial charge is 0.228 e. The Morgan fingerprint density at radius 3 is 2.52 bits per heavy atom. The molecule has 2 heterocycles. The van der Waals surface area contributed by atoms with Gasteiger partial charge in [0, 0.05) is 39.5 Å². The summed E-state index contributed by atoms with van der Waals surface area (Å²) in [5.41, 5.74) is 0. The minimum Gasteiger partial charge on any atom is -0.378 e. The van der Waals surface area contributed by atoms with Crippen LogP contribution in [0.25, 0.3) is 0 Å². The summed E-state index contributed by atoms with van der Waals surface area (Å²) in [7, 11) is -0.00698. The van der Waals surface area contributed by atoms with Crippen molar-refractivity contribution in [2.75, 3.05) is 56.8 Å². The molecule has 0 atom stereocenters. The Hall–Kier alpha value is -0.840. The molecular formula is C15H29N5O3S2. The fraction of sp³-hybridized carbons (Fsp3) is 0.867. The molecule has 2 rings (SSSR count). The zero-order valence-electron chi connectivity index (χ0n) is 15.5. The molecule has 1 aliphatic rings. The maximum absolute atomic E-state index is 11.8. The molecule has 0 aromatic carbocycles. The molecule has 8 nitrogen and oxygen atoms in total. The van der Waals surface area contributed by atoms with Crippen molar-refractivity contribution >= 4 is 27.7 Å². The summed E-state index contributed by atoms with van der Waals surface area (Å²) in [6.07, 6.45) is 0.590. The maximum atomic E-state index is 11.8. The summed E-state index contributed by atoms with van der Waals surface area (Å²) in [5.74, 6) is 2.22. The largest absolute Gasteiger partial charge is 0.378 e. The number of rotatable bonds is 9. The normalized spacial score (nSPS) is 16.2. The van der Waals surface area contributed by atoms with Crippen molar-refractivity contribution in [2.45, 2.75) is 32.0 Å². The van der Waals surface area contributed by atoms with Crippen LogP contribution in [0, 0.1) is 5.92 Å². The van der Waals surface area contributed by atoms with E-state index in [0.29, 0.717) is 31.3 Å². The minimum absolute atomic E-state index is 0.154. The third kappa shape index (κ3) is 5.83. The molecule has 1 aromatic rings. The minimum atomic E-state index is -3.14. The van der Waals surface area contributed by atoms with Gasteiger partial charge in [0.1, 0.15) is 0 Å². The van der Waals surface area contributed by atoms with Crippen molar-refractivity contribution in [2.24, 2.45) is 5.92 Å². The fourth-order valence-electron chi connectivity index (χ4n) is 2.50. The summed E-state index contributed by atoms with van der Waals surface area (Å²) < 4.78 is 32.5. The molecule has 0 radical (unpaired) electrons. The Bertz CT molecular complexity index is 640. The first-order valence-corrected chi connectivity index (χ1v) is 11.2. The lowest BCUT2D eigenvalue weighted by molar-refractivity contribution is 0.121. The van der Waals surface area contributed by atoms with Gasteiger partial charge in [-0.25, -0.2) is 12.7 Å². The molecule has 1 fully saturated rings. The molecule has 1 saturated heterocycles. The Balaban J connectivity index is 2.00. The lowest BCUT2D eigenvalue weighted by Gasteiger charge is -2.28. The number of morpholine rings is 1. The van der Waals surface area contributed by atoms with E-state index in [9.17, 15) is 8.42 Å². The van der Waals surface area contributed by atoms with Crippen molar-refractivity contribution < 1.29 is 13.2 Å². The number of aromatic nitrogens is 3. The SMILES string of the molecule is CC(C)Cn1c(SCCCS(=O)(=O)N(C)C)nnc1N1CCOCC1. The second-order valence-electron chi connectivity index (χ2n) is 6.69. The zero-order valence-corrected chi connectivity index (χ0v) is 17.1. The van der Waals surface area contributed by atoms with Crippen LogP contribution in [0.5, 0.6) is 0 Å². The number of ether oxygens (including phenoxy) is 1. The number of hydrogen-bond donors (Lipinski definition) is 0. The topological polar surface area (TPSA) is 80.6 Å². The second kappa shape index (κ2) is 9.20. The zero-order chi connectivity index (χ0) is 18.4. The van der Waals surface area contributed by atoms with E-state index >= 15 is 0 Å². The van der Waals surface area contributed by atoms with Crippen LogP contribution in [-0.4, -0.2) is 79.4 Å². The van der Waals surface area contributed by atoms with E-state index in [1.807, 2.05) is 0 Å². The molecule has 10 heteroatoms. The van der Waals surface area contributed by atoms with Crippen LogP contribution in [0.4, 0.5) is 5.95 Å². The van der Waals surface area contributed by atoms with Crippen LogP contribution in [0.3, 0.4) is 0 Å². The molecule has 1 aromatic heterocycles. The van der Waals surface area contributed by atoms with Gasteiger partial charge in [0.2, 0.25) is 16.0 Å². The molecular weight excluding hydrogens is 362 g/mol. The summed E-state index contributed by atoms with van der Waals surface area (Å²) in [6.45, 7) is 8.24. The average Bonchev–Trinajstić information content (AvgIpc) is 2.94. The van der Waals surface area contributed by atoms with Gasteiger partial charge >= 0.3 is 0 Å². The summed E-state index contributed by atoms with van der Waals surface area (Å²) >= 11 is 1.57. The molecule has 0 bridgehead atoms. The van der Waals surface area contributed by atoms with Gasteiger partial charge < -0.3 is 9.64 Å². The van der Waals surface area contributed by atoms with E-state index < -0.39 is 10.0 Å². The molecule has 0 spiro atoms. The molecule has 0 unspecified atom stereocenters. The predicted molar refractivity (Wildman–Crippen MR) is 101 cm³/mol. The Morgan fingerprint density at radius 1 is 1.24 bits per heavy atom. The molecule has 0 amide bonds. The van der Waals surface area contributed by atoms with Gasteiger partial charge in [0.05, 0.1) is 19.0 Å². The first-order valence-electron chi connectivity index (χ1n) is 8.60. The van der Waals surface area contributed by atoms with Crippen molar-refractivity contribution in [1.82, 2.24) is 19.1 Å². The van der Waals surface area contributed by atoms with E-state index in [2.05, 4.69) is 33.5 Å². The van der Waals surface area contributed by atoms with E-state index in [-0.39, 0.29) is 5.75 Å². The van der Waals surface area contributed by atoms with Gasteiger partial charge in [-0.2, -0.15) is 0 Å². The third-order valence-corrected chi connectivity index (χ3v) is 6.84. The van der Waals surface area contributed by atoms with Crippen LogP contribution < -0.4 is 4.90 Å². The third-order valence-electron chi connectivity index (χ3n) is 3.87. The monoisotopic (exact) mass is 391 g/mol. The van der Waals surface area contributed by atoms with Gasteiger partial charge in [0.15, 0.2) is 5.16 Å². The fourth-order valence-corrected chi connectivity index (χ4v) is 4.44. The molecule has 0 saturated carbocycles. The van der Waals surface area contributed by atoms with Gasteiger partial charge in [-0.3, -0.25) is 4.57 Å². The second-order valence-corrected chi connectivity index (χ2v) is 10.1. The van der Waals surface area contributed by atoms with Gasteiger partial charge in [-0.05, 0) is 12.3 Å². The Labute approximate surface area is 155 Å². The molecule has 144 valence electrons. The summed E-state index contributed by atoms with van der Waals surface area (Å²) in [4.78, 5) is 2.21. The average molecular weight is 392 g/mol. The van der Waals surface area contributed by atoms with Crippen molar-refractivity contribution in [1.29, 1.82) is 0 Å². The van der Waals surface area contributed by atoms with Crippen molar-refractivity contribution in [3.63, 3.8) is 0 Å².